The molecule has 0 aliphatic rings. The van der Waals surface area contributed by atoms with Gasteiger partial charge in [-0.15, -0.1) is 35.0 Å². The zero-order valence-corrected chi connectivity index (χ0v) is 11.3. The van der Waals surface area contributed by atoms with Crippen LogP contribution in [0.15, 0.2) is 30.5 Å². The number of halogens is 2. The molecule has 5 nitrogen and oxygen atoms in total. The Balaban J connectivity index is 0.000000810. The second-order valence-electron chi connectivity index (χ2n) is 3.81. The number of benzene rings is 1. The lowest BCUT2D eigenvalue weighted by molar-refractivity contribution is 0.696. The fourth-order valence-corrected chi connectivity index (χ4v) is 1.79. The number of hydrogen-bond acceptors (Lipinski definition) is 4. The van der Waals surface area contributed by atoms with Gasteiger partial charge in [-0.1, -0.05) is 24.3 Å². The minimum absolute atomic E-state index is 0. The Morgan fingerprint density at radius 2 is 1.89 bits per heavy atom. The van der Waals surface area contributed by atoms with Crippen molar-refractivity contribution in [1.82, 2.24) is 19.8 Å². The molecule has 0 aliphatic carbocycles. The van der Waals surface area contributed by atoms with E-state index >= 15 is 0 Å². The molecule has 0 spiro atoms. The Bertz CT molecular complexity index is 665. The third kappa shape index (κ3) is 2.12. The van der Waals surface area contributed by atoms with Crippen molar-refractivity contribution in [3.05, 3.63) is 36.3 Å². The second kappa shape index (κ2) is 5.48. The summed E-state index contributed by atoms with van der Waals surface area (Å²) >= 11 is 0. The summed E-state index contributed by atoms with van der Waals surface area (Å²) in [5.41, 5.74) is 6.56. The van der Waals surface area contributed by atoms with Gasteiger partial charge in [-0.25, -0.2) is 0 Å². The molecular formula is C11H13Cl2N5. The Morgan fingerprint density at radius 1 is 1.17 bits per heavy atom. The minimum atomic E-state index is -0.177. The standard InChI is InChI=1S/C11H11N5.2ClH/c1-7(12)10-14-15-11-9-5-3-2-4-8(9)6-13-16(10)11;;/h2-7H,12H2,1H3;2*1H/t7-;;/m0../s1. The SMILES string of the molecule is C[C@H](N)c1nnc2c3ccccc3cnn12.Cl.Cl. The van der Waals surface area contributed by atoms with Crippen molar-refractivity contribution in [3.8, 4) is 0 Å². The van der Waals surface area contributed by atoms with E-state index in [1.54, 1.807) is 10.7 Å². The molecule has 0 aliphatic heterocycles. The van der Waals surface area contributed by atoms with E-state index in [-0.39, 0.29) is 30.9 Å². The van der Waals surface area contributed by atoms with Crippen LogP contribution in [0.25, 0.3) is 16.4 Å². The monoisotopic (exact) mass is 285 g/mol. The number of nitrogens with zero attached hydrogens (tertiary/aromatic N) is 4. The van der Waals surface area contributed by atoms with Gasteiger partial charge in [0.05, 0.1) is 12.2 Å². The van der Waals surface area contributed by atoms with E-state index in [0.717, 1.165) is 16.4 Å². The van der Waals surface area contributed by atoms with Gasteiger partial charge in [0.2, 0.25) is 0 Å². The van der Waals surface area contributed by atoms with Gasteiger partial charge >= 0.3 is 0 Å². The zero-order chi connectivity index (χ0) is 11.1. The highest BCUT2D eigenvalue weighted by Crippen LogP contribution is 2.18. The summed E-state index contributed by atoms with van der Waals surface area (Å²) in [6.45, 7) is 1.87. The lowest BCUT2D eigenvalue weighted by Crippen LogP contribution is -2.11. The first kappa shape index (κ1) is 14.6. The maximum atomic E-state index is 5.80. The van der Waals surface area contributed by atoms with Crippen LogP contribution in [0.2, 0.25) is 0 Å². The van der Waals surface area contributed by atoms with Gasteiger partial charge in [0.1, 0.15) is 0 Å². The number of aromatic nitrogens is 4. The summed E-state index contributed by atoms with van der Waals surface area (Å²) in [6.07, 6.45) is 1.80. The van der Waals surface area contributed by atoms with Crippen LogP contribution in [-0.4, -0.2) is 19.8 Å². The van der Waals surface area contributed by atoms with Gasteiger partial charge in [-0.05, 0) is 6.92 Å². The lowest BCUT2D eigenvalue weighted by Gasteiger charge is -2.02. The molecule has 0 saturated heterocycles. The van der Waals surface area contributed by atoms with E-state index in [9.17, 15) is 0 Å². The van der Waals surface area contributed by atoms with Gasteiger partial charge in [0.15, 0.2) is 11.5 Å². The first-order chi connectivity index (χ1) is 7.77. The predicted octanol–water partition coefficient (Wildman–Crippen LogP) is 2.14. The van der Waals surface area contributed by atoms with Crippen LogP contribution in [0.3, 0.4) is 0 Å². The summed E-state index contributed by atoms with van der Waals surface area (Å²) in [6, 6.07) is 7.78. The average molecular weight is 286 g/mol. The molecule has 7 heteroatoms. The first-order valence-corrected chi connectivity index (χ1v) is 5.12. The third-order valence-corrected chi connectivity index (χ3v) is 2.59. The minimum Gasteiger partial charge on any atom is -0.321 e. The maximum absolute atomic E-state index is 5.80. The molecule has 0 saturated carbocycles. The quantitative estimate of drug-likeness (QED) is 0.744. The number of nitrogens with two attached hydrogens (primary N) is 1. The Labute approximate surface area is 116 Å². The molecule has 96 valence electrons. The smallest absolute Gasteiger partial charge is 0.185 e. The largest absolute Gasteiger partial charge is 0.321 e. The van der Waals surface area contributed by atoms with Crippen molar-refractivity contribution < 1.29 is 0 Å². The van der Waals surface area contributed by atoms with Crippen LogP contribution in [0.5, 0.6) is 0 Å². The van der Waals surface area contributed by atoms with Gasteiger partial charge in [0, 0.05) is 10.8 Å². The van der Waals surface area contributed by atoms with Crippen LogP contribution >= 0.6 is 24.8 Å². The third-order valence-electron chi connectivity index (χ3n) is 2.59. The summed E-state index contributed by atoms with van der Waals surface area (Å²) in [5.74, 6) is 0.681. The van der Waals surface area contributed by atoms with Crippen LogP contribution in [0.4, 0.5) is 0 Å². The fraction of sp³-hybridized carbons (Fsp3) is 0.182. The fourth-order valence-electron chi connectivity index (χ4n) is 1.79. The maximum Gasteiger partial charge on any atom is 0.185 e. The zero-order valence-electron chi connectivity index (χ0n) is 9.65. The highest BCUT2D eigenvalue weighted by molar-refractivity contribution is 5.92. The molecule has 3 aromatic rings. The van der Waals surface area contributed by atoms with Gasteiger partial charge in [-0.2, -0.15) is 9.61 Å². The van der Waals surface area contributed by atoms with Crippen LogP contribution in [0, 0.1) is 0 Å². The Kier molecular flexibility index (Phi) is 4.45. The van der Waals surface area contributed by atoms with Crippen LogP contribution < -0.4 is 5.73 Å². The molecule has 2 heterocycles. The van der Waals surface area contributed by atoms with E-state index < -0.39 is 0 Å². The van der Waals surface area contributed by atoms with Gasteiger partial charge < -0.3 is 5.73 Å². The van der Waals surface area contributed by atoms with E-state index in [2.05, 4.69) is 15.3 Å². The Hall–Kier alpha value is -1.43. The van der Waals surface area contributed by atoms with Crippen molar-refractivity contribution in [2.45, 2.75) is 13.0 Å². The molecule has 0 unspecified atom stereocenters. The molecule has 2 N–H and O–H groups in total. The van der Waals surface area contributed by atoms with Crippen LogP contribution in [0.1, 0.15) is 18.8 Å². The lowest BCUT2D eigenvalue weighted by atomic mass is 10.2. The van der Waals surface area contributed by atoms with Crippen molar-refractivity contribution >= 4 is 41.2 Å². The summed E-state index contributed by atoms with van der Waals surface area (Å²) in [4.78, 5) is 0. The summed E-state index contributed by atoms with van der Waals surface area (Å²) < 4.78 is 1.70. The summed E-state index contributed by atoms with van der Waals surface area (Å²) in [7, 11) is 0. The van der Waals surface area contributed by atoms with Gasteiger partial charge in [-0.3, -0.25) is 0 Å². The molecule has 3 rings (SSSR count). The van der Waals surface area contributed by atoms with Crippen molar-refractivity contribution in [2.24, 2.45) is 5.73 Å². The molecule has 0 fully saturated rings. The van der Waals surface area contributed by atoms with Crippen LogP contribution in [-0.2, 0) is 0 Å². The van der Waals surface area contributed by atoms with Crippen molar-refractivity contribution in [2.75, 3.05) is 0 Å². The Morgan fingerprint density at radius 3 is 2.61 bits per heavy atom. The normalized spacial score (nSPS) is 11.9. The van der Waals surface area contributed by atoms with Crippen molar-refractivity contribution in [3.63, 3.8) is 0 Å². The van der Waals surface area contributed by atoms with Crippen molar-refractivity contribution in [1.29, 1.82) is 0 Å². The second-order valence-corrected chi connectivity index (χ2v) is 3.81. The van der Waals surface area contributed by atoms with E-state index in [1.807, 2.05) is 31.2 Å². The van der Waals surface area contributed by atoms with E-state index in [4.69, 9.17) is 5.73 Å². The molecule has 0 amide bonds. The molecule has 1 aromatic carbocycles. The molecule has 0 bridgehead atoms. The molecule has 0 radical (unpaired) electrons. The molecule has 1 atom stereocenters. The highest BCUT2D eigenvalue weighted by atomic mass is 35.5. The summed E-state index contributed by atoms with van der Waals surface area (Å²) in [5, 5.41) is 14.6. The molecular weight excluding hydrogens is 273 g/mol. The average Bonchev–Trinajstić information content (AvgIpc) is 2.73. The number of fused-ring (bicyclic) bond motifs is 3. The predicted molar refractivity (Wildman–Crippen MR) is 75.4 cm³/mol. The number of rotatable bonds is 1. The van der Waals surface area contributed by atoms with Gasteiger partial charge in [0.25, 0.3) is 0 Å². The molecule has 2 aromatic heterocycles. The first-order valence-electron chi connectivity index (χ1n) is 5.12. The molecule has 18 heavy (non-hydrogen) atoms. The number of hydrogen-bond donors (Lipinski definition) is 1. The van der Waals surface area contributed by atoms with E-state index in [0.29, 0.717) is 5.82 Å². The van der Waals surface area contributed by atoms with E-state index in [1.165, 1.54) is 0 Å². The highest BCUT2D eigenvalue weighted by Gasteiger charge is 2.12. The topological polar surface area (TPSA) is 69.1 Å².